The highest BCUT2D eigenvalue weighted by atomic mass is 16.6. The van der Waals surface area contributed by atoms with Crippen LogP contribution in [-0.4, -0.2) is 65.3 Å². The van der Waals surface area contributed by atoms with Crippen LogP contribution < -0.4 is 5.32 Å². The number of allylic oxidation sites excluding steroid dienone is 2. The fourth-order valence-corrected chi connectivity index (χ4v) is 9.38. The molecule has 4 aliphatic rings. The van der Waals surface area contributed by atoms with Crippen LogP contribution in [0.2, 0.25) is 0 Å². The van der Waals surface area contributed by atoms with Gasteiger partial charge in [0.1, 0.15) is 6.61 Å². The summed E-state index contributed by atoms with van der Waals surface area (Å²) in [5, 5.41) is 3.05. The summed E-state index contributed by atoms with van der Waals surface area (Å²) in [7, 11) is 0. The van der Waals surface area contributed by atoms with Crippen LogP contribution >= 0.6 is 0 Å². The van der Waals surface area contributed by atoms with Crippen LogP contribution in [0.1, 0.15) is 91.4 Å². The summed E-state index contributed by atoms with van der Waals surface area (Å²) in [4.78, 5) is 12.6. The minimum atomic E-state index is 0.152. The molecule has 0 bridgehead atoms. The van der Waals surface area contributed by atoms with Crippen LogP contribution in [-0.2, 0) is 23.7 Å². The van der Waals surface area contributed by atoms with E-state index in [2.05, 4.69) is 38.1 Å². The van der Waals surface area contributed by atoms with E-state index in [4.69, 9.17) is 25.4 Å². The first-order valence-corrected chi connectivity index (χ1v) is 16.6. The molecule has 4 rings (SSSR count). The third kappa shape index (κ3) is 8.17. The molecule has 6 nitrogen and oxygen atoms in total. The molecule has 7 atom stereocenters. The maximum Gasteiger partial charge on any atom is 0.220 e. The summed E-state index contributed by atoms with van der Waals surface area (Å²) in [6, 6.07) is 0. The zero-order chi connectivity index (χ0) is 29.1. The van der Waals surface area contributed by atoms with E-state index in [1.54, 1.807) is 0 Å². The van der Waals surface area contributed by atoms with Crippen molar-refractivity contribution in [2.45, 2.75) is 91.4 Å². The highest BCUT2D eigenvalue weighted by Gasteiger charge is 2.58. The molecule has 0 spiro atoms. The van der Waals surface area contributed by atoms with E-state index in [1.165, 1.54) is 57.8 Å². The molecule has 0 heterocycles. The average molecular weight is 572 g/mol. The van der Waals surface area contributed by atoms with Crippen molar-refractivity contribution in [3.05, 3.63) is 11.6 Å². The minimum absolute atomic E-state index is 0.152. The lowest BCUT2D eigenvalue weighted by Crippen LogP contribution is -2.50. The number of amides is 1. The van der Waals surface area contributed by atoms with Crippen molar-refractivity contribution < 1.29 is 23.7 Å². The molecule has 0 radical (unpaired) electrons. The lowest BCUT2D eigenvalue weighted by molar-refractivity contribution is -0.121. The number of rotatable bonds is 17. The summed E-state index contributed by atoms with van der Waals surface area (Å²) in [5.41, 5.74) is 2.74. The smallest absolute Gasteiger partial charge is 0.220 e. The van der Waals surface area contributed by atoms with Crippen molar-refractivity contribution >= 4 is 5.91 Å². The topological polar surface area (TPSA) is 66.0 Å². The molecule has 0 aromatic carbocycles. The third-order valence-electron chi connectivity index (χ3n) is 11.5. The van der Waals surface area contributed by atoms with Gasteiger partial charge in [-0.1, -0.05) is 44.8 Å². The normalized spacial score (nSPS) is 33.2. The SMILES string of the molecule is C#CCOCCOCCOCCOCCNC(=O)CC[C@@H](C)[C@H]1CC[C@H]2[C@@H]3CC=C4CCCC[C@]4(C)[C@H]3CC[C@]12C. The number of fused-ring (bicyclic) bond motifs is 5. The van der Waals surface area contributed by atoms with Crippen LogP contribution in [0.25, 0.3) is 0 Å². The van der Waals surface area contributed by atoms with Gasteiger partial charge in [-0.05, 0) is 98.2 Å². The van der Waals surface area contributed by atoms with Gasteiger partial charge in [0.15, 0.2) is 0 Å². The summed E-state index contributed by atoms with van der Waals surface area (Å²) in [5.74, 6) is 6.57. The van der Waals surface area contributed by atoms with Gasteiger partial charge in [-0.2, -0.15) is 0 Å². The Balaban J connectivity index is 1.07. The summed E-state index contributed by atoms with van der Waals surface area (Å²) >= 11 is 0. The molecule has 0 saturated heterocycles. The molecule has 6 heteroatoms. The molecule has 41 heavy (non-hydrogen) atoms. The number of nitrogens with one attached hydrogen (secondary N) is 1. The maximum absolute atomic E-state index is 12.6. The first kappa shape index (κ1) is 32.5. The van der Waals surface area contributed by atoms with Gasteiger partial charge in [-0.25, -0.2) is 0 Å². The average Bonchev–Trinajstić information content (AvgIpc) is 3.33. The Morgan fingerprint density at radius 2 is 1.68 bits per heavy atom. The van der Waals surface area contributed by atoms with Gasteiger partial charge in [0.25, 0.3) is 0 Å². The van der Waals surface area contributed by atoms with Gasteiger partial charge in [-0.3, -0.25) is 4.79 Å². The number of carbonyl (C=O) groups is 1. The number of hydrogen-bond donors (Lipinski definition) is 1. The monoisotopic (exact) mass is 571 g/mol. The Kier molecular flexibility index (Phi) is 12.6. The Labute approximate surface area is 250 Å². The second kappa shape index (κ2) is 15.9. The quantitative estimate of drug-likeness (QED) is 0.128. The van der Waals surface area contributed by atoms with E-state index in [0.29, 0.717) is 82.6 Å². The lowest BCUT2D eigenvalue weighted by Gasteiger charge is -2.58. The van der Waals surface area contributed by atoms with Crippen molar-refractivity contribution in [2.75, 3.05) is 59.4 Å². The van der Waals surface area contributed by atoms with Crippen LogP contribution in [0.5, 0.6) is 0 Å². The van der Waals surface area contributed by atoms with Crippen LogP contribution in [0, 0.1) is 52.8 Å². The molecule has 0 aromatic heterocycles. The van der Waals surface area contributed by atoms with Gasteiger partial charge in [0.05, 0.1) is 46.2 Å². The van der Waals surface area contributed by atoms with Gasteiger partial charge in [-0.15, -0.1) is 6.42 Å². The predicted octanol–water partition coefficient (Wildman–Crippen LogP) is 6.19. The standard InChI is InChI=1S/C35H57NO5/c1-5-19-38-21-23-40-25-26-41-24-22-39-20-18-36-33(37)14-9-27(2)30-12-13-31-29-11-10-28-8-6-7-16-34(28,3)32(29)15-17-35(30,31)4/h1,10,27,29-32H,6-9,11-26H2,2-4H3,(H,36,37)/t27-,29+,30-,31+,32+,34+,35-/m1/s1. The van der Waals surface area contributed by atoms with Crippen LogP contribution in [0.3, 0.4) is 0 Å². The second-order valence-electron chi connectivity index (χ2n) is 13.7. The largest absolute Gasteiger partial charge is 0.377 e. The van der Waals surface area contributed by atoms with E-state index in [9.17, 15) is 4.79 Å². The highest BCUT2D eigenvalue weighted by molar-refractivity contribution is 5.75. The molecule has 0 unspecified atom stereocenters. The van der Waals surface area contributed by atoms with Gasteiger partial charge < -0.3 is 24.3 Å². The van der Waals surface area contributed by atoms with E-state index in [0.717, 1.165) is 30.1 Å². The molecule has 3 fully saturated rings. The van der Waals surface area contributed by atoms with Crippen molar-refractivity contribution in [3.63, 3.8) is 0 Å². The van der Waals surface area contributed by atoms with Gasteiger partial charge in [0.2, 0.25) is 5.91 Å². The maximum atomic E-state index is 12.6. The van der Waals surface area contributed by atoms with E-state index < -0.39 is 0 Å². The van der Waals surface area contributed by atoms with E-state index in [-0.39, 0.29) is 5.91 Å². The first-order valence-electron chi connectivity index (χ1n) is 16.6. The molecule has 4 aliphatic carbocycles. The molecule has 0 aliphatic heterocycles. The minimum Gasteiger partial charge on any atom is -0.377 e. The molecule has 3 saturated carbocycles. The fourth-order valence-electron chi connectivity index (χ4n) is 9.38. The van der Waals surface area contributed by atoms with Crippen LogP contribution in [0.15, 0.2) is 11.6 Å². The highest BCUT2D eigenvalue weighted by Crippen LogP contribution is 2.67. The third-order valence-corrected chi connectivity index (χ3v) is 11.5. The summed E-state index contributed by atoms with van der Waals surface area (Å²) in [6.07, 6.45) is 21.9. The Hall–Kier alpha value is -1.39. The second-order valence-corrected chi connectivity index (χ2v) is 13.7. The molecule has 0 aromatic rings. The van der Waals surface area contributed by atoms with E-state index in [1.807, 2.05) is 5.57 Å². The molecule has 1 amide bonds. The Morgan fingerprint density at radius 3 is 2.41 bits per heavy atom. The first-order chi connectivity index (χ1) is 19.9. The Bertz CT molecular complexity index is 897. The van der Waals surface area contributed by atoms with Crippen LogP contribution in [0.4, 0.5) is 0 Å². The molecule has 1 N–H and O–H groups in total. The predicted molar refractivity (Wildman–Crippen MR) is 163 cm³/mol. The lowest BCUT2D eigenvalue weighted by atomic mass is 9.47. The van der Waals surface area contributed by atoms with Gasteiger partial charge >= 0.3 is 0 Å². The van der Waals surface area contributed by atoms with Crippen molar-refractivity contribution in [1.82, 2.24) is 5.32 Å². The van der Waals surface area contributed by atoms with Crippen molar-refractivity contribution in [3.8, 4) is 12.3 Å². The van der Waals surface area contributed by atoms with Gasteiger partial charge in [0, 0.05) is 13.0 Å². The van der Waals surface area contributed by atoms with Crippen molar-refractivity contribution in [2.24, 2.45) is 40.4 Å². The number of hydrogen-bond acceptors (Lipinski definition) is 5. The number of terminal acetylenes is 1. The zero-order valence-corrected chi connectivity index (χ0v) is 26.2. The zero-order valence-electron chi connectivity index (χ0n) is 26.2. The fraction of sp³-hybridized carbons (Fsp3) is 0.857. The van der Waals surface area contributed by atoms with Crippen molar-refractivity contribution in [1.29, 1.82) is 0 Å². The number of carbonyl (C=O) groups excluding carboxylic acids is 1. The molecule has 232 valence electrons. The summed E-state index contributed by atoms with van der Waals surface area (Å²) in [6.45, 7) is 12.1. The molecular weight excluding hydrogens is 514 g/mol. The summed E-state index contributed by atoms with van der Waals surface area (Å²) < 4.78 is 21.6. The van der Waals surface area contributed by atoms with E-state index >= 15 is 0 Å². The number of ether oxygens (including phenoxy) is 4. The molecular formula is C35H57NO5. The Morgan fingerprint density at radius 1 is 0.976 bits per heavy atom.